The Morgan fingerprint density at radius 1 is 1.04 bits per heavy atom. The molecular formula is C24H27NO3. The van der Waals surface area contributed by atoms with E-state index in [1.165, 1.54) is 0 Å². The van der Waals surface area contributed by atoms with E-state index in [0.29, 0.717) is 19.5 Å². The van der Waals surface area contributed by atoms with Crippen LogP contribution >= 0.6 is 0 Å². The molecular weight excluding hydrogens is 350 g/mol. The Kier molecular flexibility index (Phi) is 5.98. The number of rotatable bonds is 4. The summed E-state index contributed by atoms with van der Waals surface area (Å²) < 4.78 is 5.39. The fourth-order valence-electron chi connectivity index (χ4n) is 3.25. The Bertz CT molecular complexity index is 865. The van der Waals surface area contributed by atoms with Crippen molar-refractivity contribution in [3.05, 3.63) is 66.2 Å². The van der Waals surface area contributed by atoms with Crippen LogP contribution < -0.4 is 0 Å². The third kappa shape index (κ3) is 5.32. The molecule has 1 unspecified atom stereocenters. The third-order valence-electron chi connectivity index (χ3n) is 4.68. The highest BCUT2D eigenvalue weighted by molar-refractivity contribution is 5.96. The van der Waals surface area contributed by atoms with Gasteiger partial charge in [-0.1, -0.05) is 54.6 Å². The molecule has 28 heavy (non-hydrogen) atoms. The van der Waals surface area contributed by atoms with Gasteiger partial charge in [-0.3, -0.25) is 4.79 Å². The highest BCUT2D eigenvalue weighted by atomic mass is 16.6. The van der Waals surface area contributed by atoms with E-state index in [0.717, 1.165) is 16.7 Å². The molecule has 4 nitrogen and oxygen atoms in total. The topological polar surface area (TPSA) is 46.6 Å². The number of likely N-dealkylation sites (tertiary alicyclic amines) is 1. The zero-order valence-electron chi connectivity index (χ0n) is 16.7. The van der Waals surface area contributed by atoms with Gasteiger partial charge < -0.3 is 9.64 Å². The molecule has 0 aliphatic carbocycles. The van der Waals surface area contributed by atoms with E-state index in [1.54, 1.807) is 11.0 Å². The Labute approximate surface area is 166 Å². The molecule has 2 aromatic rings. The van der Waals surface area contributed by atoms with Gasteiger partial charge in [0, 0.05) is 19.0 Å². The number of hydrogen-bond acceptors (Lipinski definition) is 3. The van der Waals surface area contributed by atoms with Gasteiger partial charge in [0.05, 0.1) is 0 Å². The number of allylic oxidation sites excluding steroid dienone is 1. The number of carbonyl (C=O) groups excluding carboxylic acids is 2. The molecule has 1 amide bonds. The van der Waals surface area contributed by atoms with Gasteiger partial charge >= 0.3 is 6.09 Å². The van der Waals surface area contributed by atoms with Crippen LogP contribution in [0.1, 0.15) is 32.8 Å². The molecule has 1 atom stereocenters. The van der Waals surface area contributed by atoms with Crippen LogP contribution in [0.4, 0.5) is 4.79 Å². The molecule has 146 valence electrons. The average Bonchev–Trinajstić information content (AvgIpc) is 3.16. The van der Waals surface area contributed by atoms with Crippen molar-refractivity contribution in [3.8, 4) is 11.1 Å². The molecule has 1 saturated heterocycles. The summed E-state index contributed by atoms with van der Waals surface area (Å²) in [6.45, 7) is 6.51. The molecule has 1 aliphatic heterocycles. The lowest BCUT2D eigenvalue weighted by Crippen LogP contribution is -2.35. The van der Waals surface area contributed by atoms with Crippen molar-refractivity contribution in [1.82, 2.24) is 4.90 Å². The SMILES string of the molecule is CC(C)(C)OC(=O)N1CCC(C(=O)/C=C/c2cccc(-c3ccccc3)c2)C1. The molecule has 4 heteroatoms. The summed E-state index contributed by atoms with van der Waals surface area (Å²) in [5.41, 5.74) is 2.72. The Morgan fingerprint density at radius 3 is 2.46 bits per heavy atom. The van der Waals surface area contributed by atoms with E-state index in [9.17, 15) is 9.59 Å². The van der Waals surface area contributed by atoms with Crippen molar-refractivity contribution in [2.24, 2.45) is 5.92 Å². The highest BCUT2D eigenvalue weighted by Gasteiger charge is 2.32. The molecule has 0 aromatic heterocycles. The van der Waals surface area contributed by atoms with Crippen LogP contribution in [0.2, 0.25) is 0 Å². The second kappa shape index (κ2) is 8.42. The van der Waals surface area contributed by atoms with Crippen molar-refractivity contribution in [1.29, 1.82) is 0 Å². The first kappa shape index (κ1) is 19.9. The second-order valence-electron chi connectivity index (χ2n) is 8.14. The zero-order valence-corrected chi connectivity index (χ0v) is 16.7. The average molecular weight is 377 g/mol. The summed E-state index contributed by atoms with van der Waals surface area (Å²) in [6, 6.07) is 18.3. The number of nitrogens with zero attached hydrogens (tertiary/aromatic N) is 1. The summed E-state index contributed by atoms with van der Waals surface area (Å²) in [5.74, 6) is -0.114. The van der Waals surface area contributed by atoms with Gasteiger partial charge in [-0.2, -0.15) is 0 Å². The fourth-order valence-corrected chi connectivity index (χ4v) is 3.25. The molecule has 0 N–H and O–H groups in total. The predicted octanol–water partition coefficient (Wildman–Crippen LogP) is 5.19. The highest BCUT2D eigenvalue weighted by Crippen LogP contribution is 2.23. The van der Waals surface area contributed by atoms with E-state index in [1.807, 2.05) is 57.2 Å². The lowest BCUT2D eigenvalue weighted by molar-refractivity contribution is -0.117. The molecule has 1 aliphatic rings. The summed E-state index contributed by atoms with van der Waals surface area (Å²) in [6.07, 6.45) is 3.81. The largest absolute Gasteiger partial charge is 0.444 e. The van der Waals surface area contributed by atoms with E-state index in [-0.39, 0.29) is 17.8 Å². The van der Waals surface area contributed by atoms with Crippen molar-refractivity contribution in [3.63, 3.8) is 0 Å². The molecule has 1 fully saturated rings. The number of benzene rings is 2. The van der Waals surface area contributed by atoms with Gasteiger partial charge in [-0.05, 0) is 56.0 Å². The number of ketones is 1. The Hall–Kier alpha value is -2.88. The second-order valence-corrected chi connectivity index (χ2v) is 8.14. The van der Waals surface area contributed by atoms with Crippen LogP contribution in [-0.2, 0) is 9.53 Å². The van der Waals surface area contributed by atoms with Crippen molar-refractivity contribution >= 4 is 18.0 Å². The number of ether oxygens (including phenoxy) is 1. The van der Waals surface area contributed by atoms with Crippen LogP contribution in [0.3, 0.4) is 0 Å². The lowest BCUT2D eigenvalue weighted by atomic mass is 10.0. The van der Waals surface area contributed by atoms with E-state index in [4.69, 9.17) is 4.74 Å². The molecule has 0 bridgehead atoms. The van der Waals surface area contributed by atoms with Crippen LogP contribution in [0.25, 0.3) is 17.2 Å². The quantitative estimate of drug-likeness (QED) is 0.689. The van der Waals surface area contributed by atoms with Crippen molar-refractivity contribution in [2.45, 2.75) is 32.8 Å². The number of carbonyl (C=O) groups is 2. The maximum Gasteiger partial charge on any atom is 0.410 e. The third-order valence-corrected chi connectivity index (χ3v) is 4.68. The standard InChI is InChI=1S/C24H27NO3/c1-24(2,3)28-23(27)25-15-14-21(17-25)22(26)13-12-18-8-7-11-20(16-18)19-9-5-4-6-10-19/h4-13,16,21H,14-15,17H2,1-3H3/b13-12+. The van der Waals surface area contributed by atoms with Gasteiger partial charge in [0.2, 0.25) is 0 Å². The fraction of sp³-hybridized carbons (Fsp3) is 0.333. The van der Waals surface area contributed by atoms with E-state index in [2.05, 4.69) is 24.3 Å². The van der Waals surface area contributed by atoms with Gasteiger partial charge in [0.15, 0.2) is 5.78 Å². The Morgan fingerprint density at radius 2 is 1.75 bits per heavy atom. The van der Waals surface area contributed by atoms with Gasteiger partial charge in [-0.25, -0.2) is 4.79 Å². The van der Waals surface area contributed by atoms with Gasteiger partial charge in [0.1, 0.15) is 5.60 Å². The van der Waals surface area contributed by atoms with Crippen molar-refractivity contribution in [2.75, 3.05) is 13.1 Å². The van der Waals surface area contributed by atoms with E-state index >= 15 is 0 Å². The van der Waals surface area contributed by atoms with E-state index < -0.39 is 5.60 Å². The van der Waals surface area contributed by atoms with Crippen LogP contribution in [-0.4, -0.2) is 35.5 Å². The van der Waals surface area contributed by atoms with Crippen molar-refractivity contribution < 1.29 is 14.3 Å². The summed E-state index contributed by atoms with van der Waals surface area (Å²) in [7, 11) is 0. The summed E-state index contributed by atoms with van der Waals surface area (Å²) in [4.78, 5) is 26.3. The Balaban J connectivity index is 1.61. The van der Waals surface area contributed by atoms with Crippen LogP contribution in [0.15, 0.2) is 60.7 Å². The smallest absolute Gasteiger partial charge is 0.410 e. The van der Waals surface area contributed by atoms with Gasteiger partial charge in [-0.15, -0.1) is 0 Å². The molecule has 0 saturated carbocycles. The number of amides is 1. The molecule has 0 radical (unpaired) electrons. The van der Waals surface area contributed by atoms with Crippen LogP contribution in [0, 0.1) is 5.92 Å². The van der Waals surface area contributed by atoms with Gasteiger partial charge in [0.25, 0.3) is 0 Å². The minimum atomic E-state index is -0.525. The first-order valence-electron chi connectivity index (χ1n) is 9.67. The number of hydrogen-bond donors (Lipinski definition) is 0. The molecule has 1 heterocycles. The molecule has 0 spiro atoms. The lowest BCUT2D eigenvalue weighted by Gasteiger charge is -2.24. The molecule has 3 rings (SSSR count). The first-order chi connectivity index (χ1) is 13.3. The van der Waals surface area contributed by atoms with Crippen LogP contribution in [0.5, 0.6) is 0 Å². The first-order valence-corrected chi connectivity index (χ1v) is 9.67. The maximum atomic E-state index is 12.6. The minimum Gasteiger partial charge on any atom is -0.444 e. The summed E-state index contributed by atoms with van der Waals surface area (Å²) >= 11 is 0. The maximum absolute atomic E-state index is 12.6. The summed E-state index contributed by atoms with van der Waals surface area (Å²) in [5, 5.41) is 0. The predicted molar refractivity (Wildman–Crippen MR) is 112 cm³/mol. The monoisotopic (exact) mass is 377 g/mol. The minimum absolute atomic E-state index is 0.0520. The molecule has 2 aromatic carbocycles. The zero-order chi connectivity index (χ0) is 20.1. The normalized spacial score (nSPS) is 17.1.